The second-order valence-corrected chi connectivity index (χ2v) is 7.27. The van der Waals surface area contributed by atoms with Crippen LogP contribution in [0, 0.1) is 10.8 Å². The maximum Gasteiger partial charge on any atom is 0.401 e. The summed E-state index contributed by atoms with van der Waals surface area (Å²) in [5.41, 5.74) is 3.67. The van der Waals surface area contributed by atoms with Gasteiger partial charge < -0.3 is 5.73 Å². The van der Waals surface area contributed by atoms with Gasteiger partial charge in [0.15, 0.2) is 0 Å². The molecular formula is C13H23F3N2O. The molecule has 6 heteroatoms. The van der Waals surface area contributed by atoms with E-state index >= 15 is 0 Å². The van der Waals surface area contributed by atoms with Gasteiger partial charge in [-0.2, -0.15) is 13.2 Å². The van der Waals surface area contributed by atoms with Gasteiger partial charge in [-0.05, 0) is 30.1 Å². The first-order chi connectivity index (χ1) is 8.27. The first-order valence-electron chi connectivity index (χ1n) is 6.39. The molecule has 1 amide bonds. The highest BCUT2D eigenvalue weighted by Gasteiger charge is 2.51. The summed E-state index contributed by atoms with van der Waals surface area (Å²) in [6.07, 6.45) is -2.85. The van der Waals surface area contributed by atoms with Gasteiger partial charge in [-0.25, -0.2) is 0 Å². The molecule has 3 nitrogen and oxygen atoms in total. The maximum absolute atomic E-state index is 12.4. The first-order valence-corrected chi connectivity index (χ1v) is 6.39. The Kier molecular flexibility index (Phi) is 3.98. The van der Waals surface area contributed by atoms with Crippen LogP contribution in [-0.4, -0.2) is 24.2 Å². The minimum atomic E-state index is -4.35. The van der Waals surface area contributed by atoms with Crippen LogP contribution in [0.3, 0.4) is 0 Å². The first kappa shape index (κ1) is 16.3. The lowest BCUT2D eigenvalue weighted by Gasteiger charge is -2.51. The summed E-state index contributed by atoms with van der Waals surface area (Å²) < 4.78 is 37.2. The number of carbonyl (C=O) groups is 1. The second-order valence-electron chi connectivity index (χ2n) is 7.27. The number of halogens is 3. The van der Waals surface area contributed by atoms with Gasteiger partial charge >= 0.3 is 6.18 Å². The average molecular weight is 280 g/mol. The van der Waals surface area contributed by atoms with Crippen LogP contribution < -0.4 is 11.1 Å². The molecule has 0 spiro atoms. The number of nitrogens with one attached hydrogen (secondary N) is 1. The summed E-state index contributed by atoms with van der Waals surface area (Å²) in [7, 11) is 0. The van der Waals surface area contributed by atoms with Gasteiger partial charge in [-0.15, -0.1) is 0 Å². The van der Waals surface area contributed by atoms with Crippen molar-refractivity contribution in [1.29, 1.82) is 0 Å². The van der Waals surface area contributed by atoms with E-state index in [1.165, 1.54) is 0 Å². The van der Waals surface area contributed by atoms with Gasteiger partial charge in [0.25, 0.3) is 0 Å². The van der Waals surface area contributed by atoms with Crippen LogP contribution in [0.4, 0.5) is 13.2 Å². The number of rotatable bonds is 3. The van der Waals surface area contributed by atoms with Crippen LogP contribution in [0.5, 0.6) is 0 Å². The Morgan fingerprint density at radius 3 is 1.84 bits per heavy atom. The minimum Gasteiger partial charge on any atom is -0.368 e. The molecule has 0 heterocycles. The standard InChI is InChI=1S/C13H23F3N2O/c1-10(2)5-11(3,4)7-12(6-10,9(17)19)18-8-13(14,15)16/h18H,5-8H2,1-4H3,(H2,17,19). The van der Waals surface area contributed by atoms with E-state index < -0.39 is 24.2 Å². The van der Waals surface area contributed by atoms with Gasteiger partial charge in [0.2, 0.25) is 5.91 Å². The number of primary amides is 1. The highest BCUT2D eigenvalue weighted by atomic mass is 19.4. The predicted octanol–water partition coefficient (Wildman–Crippen LogP) is 2.60. The number of carbonyl (C=O) groups excluding carboxylic acids is 1. The van der Waals surface area contributed by atoms with Crippen molar-refractivity contribution in [3.63, 3.8) is 0 Å². The zero-order valence-corrected chi connectivity index (χ0v) is 11.9. The van der Waals surface area contributed by atoms with Crippen molar-refractivity contribution in [2.45, 2.75) is 58.7 Å². The van der Waals surface area contributed by atoms with E-state index in [0.717, 1.165) is 6.42 Å². The Balaban J connectivity index is 3.01. The monoisotopic (exact) mass is 280 g/mol. The van der Waals surface area contributed by atoms with Crippen molar-refractivity contribution < 1.29 is 18.0 Å². The van der Waals surface area contributed by atoms with Gasteiger partial charge in [0, 0.05) is 0 Å². The molecule has 1 rings (SSSR count). The fourth-order valence-corrected chi connectivity index (χ4v) is 3.77. The third kappa shape index (κ3) is 4.37. The van der Waals surface area contributed by atoms with Crippen molar-refractivity contribution in [2.75, 3.05) is 6.54 Å². The Morgan fingerprint density at radius 1 is 1.11 bits per heavy atom. The molecule has 1 saturated carbocycles. The molecule has 0 aromatic carbocycles. The molecule has 0 radical (unpaired) electrons. The third-order valence-corrected chi connectivity index (χ3v) is 3.62. The molecule has 19 heavy (non-hydrogen) atoms. The van der Waals surface area contributed by atoms with Gasteiger partial charge in [0.1, 0.15) is 0 Å². The van der Waals surface area contributed by atoms with Gasteiger partial charge in [-0.1, -0.05) is 27.7 Å². The smallest absolute Gasteiger partial charge is 0.368 e. The molecule has 0 atom stereocenters. The summed E-state index contributed by atoms with van der Waals surface area (Å²) in [5, 5.41) is 2.39. The topological polar surface area (TPSA) is 55.1 Å². The molecule has 1 aliphatic carbocycles. The zero-order valence-electron chi connectivity index (χ0n) is 11.9. The second kappa shape index (κ2) is 4.65. The summed E-state index contributed by atoms with van der Waals surface area (Å²) in [4.78, 5) is 11.8. The number of amides is 1. The molecule has 0 aromatic rings. The number of hydrogen-bond acceptors (Lipinski definition) is 2. The van der Waals surface area contributed by atoms with Crippen molar-refractivity contribution in [3.8, 4) is 0 Å². The number of nitrogens with two attached hydrogens (primary N) is 1. The minimum absolute atomic E-state index is 0.227. The lowest BCUT2D eigenvalue weighted by Crippen LogP contribution is -2.63. The Bertz CT molecular complexity index is 345. The summed E-state index contributed by atoms with van der Waals surface area (Å²) in [6, 6.07) is 0. The van der Waals surface area contributed by atoms with E-state index in [0.29, 0.717) is 12.8 Å². The number of alkyl halides is 3. The lowest BCUT2D eigenvalue weighted by molar-refractivity contribution is -0.143. The van der Waals surface area contributed by atoms with E-state index in [-0.39, 0.29) is 10.8 Å². The fraction of sp³-hybridized carbons (Fsp3) is 0.923. The van der Waals surface area contributed by atoms with E-state index in [4.69, 9.17) is 5.73 Å². The summed E-state index contributed by atoms with van der Waals surface area (Å²) in [5.74, 6) is -0.697. The van der Waals surface area contributed by atoms with Crippen LogP contribution in [-0.2, 0) is 4.79 Å². The largest absolute Gasteiger partial charge is 0.401 e. The van der Waals surface area contributed by atoms with E-state index in [9.17, 15) is 18.0 Å². The average Bonchev–Trinajstić information content (AvgIpc) is 2.08. The van der Waals surface area contributed by atoms with Crippen molar-refractivity contribution in [1.82, 2.24) is 5.32 Å². The van der Waals surface area contributed by atoms with Crippen molar-refractivity contribution in [2.24, 2.45) is 16.6 Å². The molecule has 3 N–H and O–H groups in total. The Hall–Kier alpha value is -0.780. The van der Waals surface area contributed by atoms with Crippen LogP contribution in [0.1, 0.15) is 47.0 Å². The molecular weight excluding hydrogens is 257 g/mol. The van der Waals surface area contributed by atoms with Crippen molar-refractivity contribution in [3.05, 3.63) is 0 Å². The van der Waals surface area contributed by atoms with Crippen molar-refractivity contribution >= 4 is 5.91 Å². The fourth-order valence-electron chi connectivity index (χ4n) is 3.77. The van der Waals surface area contributed by atoms with Crippen LogP contribution in [0.2, 0.25) is 0 Å². The van der Waals surface area contributed by atoms with Crippen LogP contribution in [0.25, 0.3) is 0 Å². The molecule has 0 aromatic heterocycles. The normalized spacial score (nSPS) is 25.0. The predicted molar refractivity (Wildman–Crippen MR) is 67.4 cm³/mol. The van der Waals surface area contributed by atoms with E-state index in [1.54, 1.807) is 0 Å². The Morgan fingerprint density at radius 2 is 1.53 bits per heavy atom. The lowest BCUT2D eigenvalue weighted by atomic mass is 9.58. The van der Waals surface area contributed by atoms with Crippen LogP contribution >= 0.6 is 0 Å². The molecule has 1 fully saturated rings. The molecule has 0 bridgehead atoms. The zero-order chi connectivity index (χ0) is 15.1. The number of hydrogen-bond donors (Lipinski definition) is 2. The summed E-state index contributed by atoms with van der Waals surface area (Å²) >= 11 is 0. The molecule has 0 aliphatic heterocycles. The SMILES string of the molecule is CC1(C)CC(C)(C)CC(NCC(F)(F)F)(C(N)=O)C1. The highest BCUT2D eigenvalue weighted by Crippen LogP contribution is 2.50. The summed E-state index contributed by atoms with van der Waals surface area (Å²) in [6.45, 7) is 6.64. The van der Waals surface area contributed by atoms with Crippen LogP contribution in [0.15, 0.2) is 0 Å². The Labute approximate surface area is 112 Å². The highest BCUT2D eigenvalue weighted by molar-refractivity contribution is 5.85. The van der Waals surface area contributed by atoms with E-state index in [1.807, 2.05) is 27.7 Å². The maximum atomic E-state index is 12.4. The molecule has 0 unspecified atom stereocenters. The van der Waals surface area contributed by atoms with Gasteiger partial charge in [-0.3, -0.25) is 10.1 Å². The molecule has 0 saturated heterocycles. The third-order valence-electron chi connectivity index (χ3n) is 3.62. The van der Waals surface area contributed by atoms with Gasteiger partial charge in [0.05, 0.1) is 12.1 Å². The quantitative estimate of drug-likeness (QED) is 0.835. The van der Waals surface area contributed by atoms with E-state index in [2.05, 4.69) is 5.32 Å². The molecule has 1 aliphatic rings. The molecule has 112 valence electrons.